The molecule has 4 rings (SSSR count). The number of unbranched alkanes of at least 4 members (excludes halogenated alkanes) is 18. The number of ether oxygens (including phenoxy) is 2. The predicted octanol–water partition coefficient (Wildman–Crippen LogP) is 12.4. The Hall–Kier alpha value is -2.84. The molecule has 0 saturated heterocycles. The predicted molar refractivity (Wildman–Crippen MR) is 242 cm³/mol. The molecule has 0 aromatic heterocycles. The number of rotatable bonds is 28. The normalized spacial score (nSPS) is 11.3. The zero-order valence-corrected chi connectivity index (χ0v) is 40.2. The molecule has 4 aromatic carbocycles. The van der Waals surface area contributed by atoms with Crippen LogP contribution in [0.3, 0.4) is 0 Å². The molecular weight excluding hydrogens is 841 g/mol. The van der Waals surface area contributed by atoms with E-state index in [0.29, 0.717) is 23.7 Å². The molecule has 0 aliphatic carbocycles. The van der Waals surface area contributed by atoms with Gasteiger partial charge in [0.2, 0.25) is 0 Å². The zero-order valence-electron chi connectivity index (χ0n) is 36.3. The van der Waals surface area contributed by atoms with E-state index in [9.17, 15) is 36.2 Å². The van der Waals surface area contributed by atoms with E-state index < -0.39 is 20.2 Å². The fourth-order valence-electron chi connectivity index (χ4n) is 6.95. The van der Waals surface area contributed by atoms with Gasteiger partial charge in [-0.3, -0.25) is 4.55 Å². The van der Waals surface area contributed by atoms with E-state index in [-0.39, 0.29) is 64.8 Å². The Bertz CT molecular complexity index is 1910. The van der Waals surface area contributed by atoms with Gasteiger partial charge in [0.15, 0.2) is 0 Å². The molecule has 0 bridgehead atoms. The number of phenolic OH excluding ortho intramolecular Hbond substituents is 1. The Balaban J connectivity index is 0.000000413. The minimum Gasteiger partial charge on any atom is -0.872 e. The van der Waals surface area contributed by atoms with Crippen LogP contribution in [0.15, 0.2) is 94.7 Å². The molecule has 0 radical (unpaired) electrons. The number of hydrogen-bond donors (Lipinski definition) is 2. The van der Waals surface area contributed by atoms with Crippen LogP contribution in [0.2, 0.25) is 0 Å². The quantitative estimate of drug-likeness (QED) is 0.0317. The van der Waals surface area contributed by atoms with Crippen molar-refractivity contribution < 1.29 is 45.6 Å². The van der Waals surface area contributed by atoms with E-state index in [1.165, 1.54) is 145 Å². The maximum Gasteiger partial charge on any atom is 2.00 e. The number of benzene rings is 4. The standard InChI is InChI=1S/2C24H34O5S.Ca/c2*1-2-3-4-5-6-7-8-9-10-11-13-20-16-23(19-24(17-20)30(26,27)28)29-22-15-12-14-21(25)18-22;/h2*12,14-19,25H,2-11,13H2,1H3,(H,26,27,28);/q;;+2/p-2. The molecule has 0 spiro atoms. The summed E-state index contributed by atoms with van der Waals surface area (Å²) in [7, 11) is -8.92. The summed E-state index contributed by atoms with van der Waals surface area (Å²) in [5.41, 5.74) is 1.56. The summed E-state index contributed by atoms with van der Waals surface area (Å²) in [6.07, 6.45) is 25.9. The van der Waals surface area contributed by atoms with Gasteiger partial charge in [-0.05, 0) is 91.4 Å². The van der Waals surface area contributed by atoms with Crippen LogP contribution in [-0.2, 0) is 33.1 Å². The molecule has 2 N–H and O–H groups in total. The summed E-state index contributed by atoms with van der Waals surface area (Å²) >= 11 is 0. The first kappa shape index (κ1) is 54.3. The molecule has 0 saturated carbocycles. The molecular formula is C48H66CaO10S2. The summed E-state index contributed by atoms with van der Waals surface area (Å²) in [5, 5.41) is 21.0. The zero-order chi connectivity index (χ0) is 43.6. The van der Waals surface area contributed by atoms with E-state index in [1.54, 1.807) is 36.4 Å². The SMILES string of the molecule is CCCCCCCCCCCCc1cc(Oc2cccc(O)c2)cc(S(=O)(=O)O)c1.CCCCCCCCCCCCc1cc(Oc2cccc([O-])c2)cc(S(=O)(=O)[O-])c1.[Ca+2]. The first-order valence-corrected chi connectivity index (χ1v) is 24.7. The summed E-state index contributed by atoms with van der Waals surface area (Å²) in [5.74, 6) is 1.13. The molecule has 0 atom stereocenters. The first-order chi connectivity index (χ1) is 28.8. The van der Waals surface area contributed by atoms with Crippen LogP contribution in [0.4, 0.5) is 0 Å². The van der Waals surface area contributed by atoms with E-state index in [2.05, 4.69) is 13.8 Å². The Morgan fingerprint density at radius 3 is 1.30 bits per heavy atom. The minimum atomic E-state index is -4.59. The summed E-state index contributed by atoms with van der Waals surface area (Å²) in [6.45, 7) is 4.45. The number of hydrogen-bond acceptors (Lipinski definition) is 9. The molecule has 13 heteroatoms. The average molecular weight is 907 g/mol. The van der Waals surface area contributed by atoms with Gasteiger partial charge in [-0.1, -0.05) is 148 Å². The van der Waals surface area contributed by atoms with Gasteiger partial charge in [0, 0.05) is 12.1 Å². The molecule has 332 valence electrons. The van der Waals surface area contributed by atoms with Gasteiger partial charge in [-0.25, -0.2) is 8.42 Å². The van der Waals surface area contributed by atoms with Crippen LogP contribution in [0.1, 0.15) is 153 Å². The topological polar surface area (TPSA) is 173 Å². The van der Waals surface area contributed by atoms with Crippen LogP contribution in [0, 0.1) is 0 Å². The Morgan fingerprint density at radius 2 is 0.885 bits per heavy atom. The van der Waals surface area contributed by atoms with Gasteiger partial charge in [-0.2, -0.15) is 8.42 Å². The number of aromatic hydroxyl groups is 1. The fraction of sp³-hybridized carbons (Fsp3) is 0.500. The van der Waals surface area contributed by atoms with Gasteiger partial charge < -0.3 is 24.2 Å². The van der Waals surface area contributed by atoms with Crippen LogP contribution >= 0.6 is 0 Å². The van der Waals surface area contributed by atoms with Crippen molar-refractivity contribution in [3.8, 4) is 34.5 Å². The second kappa shape index (κ2) is 30.3. The van der Waals surface area contributed by atoms with Crippen molar-refractivity contribution in [3.05, 3.63) is 96.1 Å². The van der Waals surface area contributed by atoms with Crippen LogP contribution in [0.5, 0.6) is 34.5 Å². The van der Waals surface area contributed by atoms with Crippen LogP contribution in [-0.4, -0.2) is 68.8 Å². The second-order valence-corrected chi connectivity index (χ2v) is 18.4. The van der Waals surface area contributed by atoms with Gasteiger partial charge in [0.05, 0.1) is 9.79 Å². The smallest absolute Gasteiger partial charge is 0.872 e. The van der Waals surface area contributed by atoms with Gasteiger partial charge in [0.1, 0.15) is 38.9 Å². The van der Waals surface area contributed by atoms with E-state index >= 15 is 0 Å². The third-order valence-corrected chi connectivity index (χ3v) is 11.8. The number of aryl methyl sites for hydroxylation is 2. The molecule has 4 aromatic rings. The van der Waals surface area contributed by atoms with Gasteiger partial charge in [-0.15, -0.1) is 5.75 Å². The Morgan fingerprint density at radius 1 is 0.492 bits per heavy atom. The third-order valence-electron chi connectivity index (χ3n) is 10.2. The van der Waals surface area contributed by atoms with Crippen LogP contribution < -0.4 is 14.6 Å². The average Bonchev–Trinajstić information content (AvgIpc) is 3.19. The summed E-state index contributed by atoms with van der Waals surface area (Å²) in [6, 6.07) is 21.1. The summed E-state index contributed by atoms with van der Waals surface area (Å²) in [4.78, 5) is -0.484. The van der Waals surface area contributed by atoms with Gasteiger partial charge in [0.25, 0.3) is 10.1 Å². The fourth-order valence-corrected chi connectivity index (χ4v) is 8.07. The number of phenols is 1. The van der Waals surface area contributed by atoms with E-state index in [1.807, 2.05) is 0 Å². The molecule has 10 nitrogen and oxygen atoms in total. The maximum atomic E-state index is 11.6. The first-order valence-electron chi connectivity index (χ1n) is 21.9. The molecule has 0 aliphatic rings. The van der Waals surface area contributed by atoms with Crippen molar-refractivity contribution in [3.63, 3.8) is 0 Å². The monoisotopic (exact) mass is 906 g/mol. The van der Waals surface area contributed by atoms with Crippen molar-refractivity contribution in [2.24, 2.45) is 0 Å². The second-order valence-electron chi connectivity index (χ2n) is 15.6. The van der Waals surface area contributed by atoms with E-state index in [0.717, 1.165) is 49.7 Å². The maximum absolute atomic E-state index is 11.6. The third kappa shape index (κ3) is 24.0. The van der Waals surface area contributed by atoms with Crippen LogP contribution in [0.25, 0.3) is 0 Å². The van der Waals surface area contributed by atoms with E-state index in [4.69, 9.17) is 9.47 Å². The molecule has 0 heterocycles. The molecule has 0 amide bonds. The molecule has 0 unspecified atom stereocenters. The largest absolute Gasteiger partial charge is 2.00 e. The molecule has 0 aliphatic heterocycles. The minimum absolute atomic E-state index is 0. The van der Waals surface area contributed by atoms with Crippen molar-refractivity contribution in [2.75, 3.05) is 0 Å². The van der Waals surface area contributed by atoms with Crippen molar-refractivity contribution in [1.29, 1.82) is 0 Å². The Labute approximate surface area is 396 Å². The van der Waals surface area contributed by atoms with Crippen molar-refractivity contribution >= 4 is 58.0 Å². The molecule has 0 fully saturated rings. The Kier molecular flexibility index (Phi) is 27.0. The summed E-state index contributed by atoms with van der Waals surface area (Å²) < 4.78 is 78.7. The van der Waals surface area contributed by atoms with Crippen molar-refractivity contribution in [1.82, 2.24) is 0 Å². The van der Waals surface area contributed by atoms with Gasteiger partial charge >= 0.3 is 37.7 Å². The molecule has 61 heavy (non-hydrogen) atoms. The van der Waals surface area contributed by atoms with Crippen molar-refractivity contribution in [2.45, 2.75) is 165 Å².